The maximum Gasteiger partial charge on any atom is 0.328 e. The number of nitrogens with zero attached hydrogens (tertiary/aromatic N) is 2. The van der Waals surface area contributed by atoms with E-state index in [0.29, 0.717) is 103 Å². The van der Waals surface area contributed by atoms with E-state index in [0.717, 1.165) is 82.3 Å². The van der Waals surface area contributed by atoms with Crippen LogP contribution in [0, 0.1) is 88.8 Å². The number of piperidine rings is 5. The lowest BCUT2D eigenvalue weighted by Gasteiger charge is -2.25. The van der Waals surface area contributed by atoms with Crippen LogP contribution in [0.3, 0.4) is 0 Å². The van der Waals surface area contributed by atoms with Gasteiger partial charge in [0.15, 0.2) is 5.17 Å². The van der Waals surface area contributed by atoms with Gasteiger partial charge >= 0.3 is 5.69 Å². The lowest BCUT2D eigenvalue weighted by atomic mass is 9.88. The van der Waals surface area contributed by atoms with Crippen LogP contribution in [0.15, 0.2) is 26.8 Å². The lowest BCUT2D eigenvalue weighted by Crippen LogP contribution is -2.42. The third-order valence-corrected chi connectivity index (χ3v) is 20.4. The van der Waals surface area contributed by atoms with Crippen LogP contribution >= 0.6 is 23.5 Å². The molecule has 10 rings (SSSR count). The Kier molecular flexibility index (Phi) is 103. The molecule has 12 amide bonds. The van der Waals surface area contributed by atoms with Crippen molar-refractivity contribution in [1.29, 1.82) is 0 Å². The number of hydrogen-bond acceptors (Lipinski definition) is 18. The maximum absolute atomic E-state index is 11.1. The van der Waals surface area contributed by atoms with Crippen LogP contribution < -0.4 is 59.5 Å². The first kappa shape index (κ1) is 138. The van der Waals surface area contributed by atoms with Crippen molar-refractivity contribution in [3.8, 4) is 0 Å². The van der Waals surface area contributed by atoms with Crippen molar-refractivity contribution in [2.45, 2.75) is 384 Å². The third kappa shape index (κ3) is 73.6. The zero-order valence-electron chi connectivity index (χ0n) is 85.3. The van der Waals surface area contributed by atoms with Crippen molar-refractivity contribution >= 4 is 98.9 Å². The fraction of sp³-hybridized carbons (Fsp3) is 0.819. The van der Waals surface area contributed by atoms with Crippen molar-refractivity contribution in [3.63, 3.8) is 0 Å². The van der Waals surface area contributed by atoms with E-state index in [1.807, 2.05) is 208 Å². The molecule has 28 heteroatoms. The number of carbonyl (C=O) groups excluding carboxylic acids is 12. The summed E-state index contributed by atoms with van der Waals surface area (Å²) in [5.41, 5.74) is 4.77. The number of amides is 12. The molecule has 8 saturated heterocycles. The molecule has 0 saturated carbocycles. The predicted molar refractivity (Wildman–Crippen MR) is 520 cm³/mol. The number of hydrogen-bond donors (Lipinski definition) is 10. The van der Waals surface area contributed by atoms with E-state index in [1.165, 1.54) is 28.6 Å². The van der Waals surface area contributed by atoms with Crippen LogP contribution in [0.4, 0.5) is 4.79 Å². The molecule has 10 heterocycles. The van der Waals surface area contributed by atoms with E-state index in [9.17, 15) is 67.1 Å². The molecular weight excluding hydrogens is 1590 g/mol. The maximum atomic E-state index is 11.1. The van der Waals surface area contributed by atoms with E-state index in [4.69, 9.17) is 5.73 Å². The van der Waals surface area contributed by atoms with Gasteiger partial charge in [-0.15, -0.1) is 0 Å². The number of imide groups is 4. The Hall–Kier alpha value is -6.71. The van der Waals surface area contributed by atoms with Gasteiger partial charge in [0.25, 0.3) is 10.8 Å². The van der Waals surface area contributed by atoms with Gasteiger partial charge in [-0.05, 0) is 118 Å². The van der Waals surface area contributed by atoms with Gasteiger partial charge < -0.3 is 27.0 Å². The Labute approximate surface area is 753 Å². The monoisotopic (exact) mass is 1780 g/mol. The van der Waals surface area contributed by atoms with Crippen LogP contribution in [0.2, 0.25) is 0 Å². The van der Waals surface area contributed by atoms with Crippen molar-refractivity contribution in [1.82, 2.24) is 52.1 Å². The van der Waals surface area contributed by atoms with Crippen LogP contribution in [0.5, 0.6) is 0 Å². The van der Waals surface area contributed by atoms with E-state index in [2.05, 4.69) is 129 Å². The molecule has 9 aliphatic heterocycles. The molecule has 9 aliphatic rings. The van der Waals surface area contributed by atoms with Crippen LogP contribution in [-0.2, 0) is 52.7 Å². The normalized spacial score (nSPS) is 20.1. The number of aromatic amines is 1. The molecule has 11 N–H and O–H groups in total. The Bertz CT molecular complexity index is 2870. The van der Waals surface area contributed by atoms with Crippen LogP contribution in [-0.4, -0.2) is 128 Å². The largest absolute Gasteiger partial charge is 0.379 e. The van der Waals surface area contributed by atoms with Gasteiger partial charge in [0.05, 0.1) is 6.54 Å². The lowest BCUT2D eigenvalue weighted by molar-refractivity contribution is -0.139. The molecule has 0 aromatic carbocycles. The SMILES string of the molecule is CC.CC.CC.CC.CC.CC.CC.CC.CC.CC.CC(C)C.CC(C)C1CC(=O)NC1=O.CC(C)C1CCC(=O)NC1.CC(C)C1CCC(=O)NC1=O.CC(C)C1CCC(=O)NC1=O.CC(C)C1CCC(=O)NC1=O.CC(C)C1CCCNC1=O.CC(C)C1CN=C(N)S1.CC(C)C1CNC(=O)S1.CC(C)n1ccc(=O)[nH]c1=O.O=C1CCCN1. The Balaban J connectivity index is -0.000000121. The van der Waals surface area contributed by atoms with Crippen molar-refractivity contribution in [2.24, 2.45) is 99.5 Å². The first-order chi connectivity index (χ1) is 57.5. The Morgan fingerprint density at radius 1 is 0.352 bits per heavy atom. The highest BCUT2D eigenvalue weighted by molar-refractivity contribution is 8.14. The molecule has 1 aromatic rings. The number of thioether (sulfide) groups is 2. The van der Waals surface area contributed by atoms with Crippen molar-refractivity contribution in [2.75, 3.05) is 32.7 Å². The first-order valence-electron chi connectivity index (χ1n) is 46.9. The highest BCUT2D eigenvalue weighted by atomic mass is 32.2. The summed E-state index contributed by atoms with van der Waals surface area (Å²) < 4.78 is 1.46. The summed E-state index contributed by atoms with van der Waals surface area (Å²) in [6.45, 7) is 87.9. The molecule has 8 unspecified atom stereocenters. The number of carbonyl (C=O) groups is 12. The highest BCUT2D eigenvalue weighted by Crippen LogP contribution is 2.27. The molecule has 1 aromatic heterocycles. The molecule has 8 atom stereocenters. The van der Waals surface area contributed by atoms with Gasteiger partial charge in [-0.1, -0.05) is 294 Å². The number of H-pyrrole nitrogens is 1. The molecule has 122 heavy (non-hydrogen) atoms. The van der Waals surface area contributed by atoms with Crippen molar-refractivity contribution in [3.05, 3.63) is 33.1 Å². The summed E-state index contributed by atoms with van der Waals surface area (Å²) >= 11 is 3.12. The van der Waals surface area contributed by atoms with Crippen molar-refractivity contribution < 1.29 is 57.5 Å². The Morgan fingerprint density at radius 2 is 0.697 bits per heavy atom. The van der Waals surface area contributed by atoms with Gasteiger partial charge in [0.1, 0.15) is 0 Å². The predicted octanol–water partition coefficient (Wildman–Crippen LogP) is 19.2. The average Bonchev–Trinajstić information content (AvgIpc) is 1.43. The summed E-state index contributed by atoms with van der Waals surface area (Å²) in [6.07, 6.45) is 11.3. The van der Waals surface area contributed by atoms with Crippen LogP contribution in [0.1, 0.15) is 373 Å². The number of aromatic nitrogens is 2. The summed E-state index contributed by atoms with van der Waals surface area (Å²) in [5.74, 6) is 5.34. The van der Waals surface area contributed by atoms with E-state index < -0.39 is 0 Å². The fourth-order valence-electron chi connectivity index (χ4n) is 10.8. The number of rotatable bonds is 9. The summed E-state index contributed by atoms with van der Waals surface area (Å²) in [4.78, 5) is 157. The second-order valence-corrected chi connectivity index (χ2v) is 32.9. The molecule has 722 valence electrons. The zero-order valence-corrected chi connectivity index (χ0v) is 86.9. The highest BCUT2D eigenvalue weighted by Gasteiger charge is 2.34. The molecule has 26 nitrogen and oxygen atoms in total. The minimum absolute atomic E-state index is 0.0349. The van der Waals surface area contributed by atoms with E-state index in [-0.39, 0.29) is 123 Å². The third-order valence-electron chi connectivity index (χ3n) is 17.7. The minimum atomic E-state index is -0.355. The summed E-state index contributed by atoms with van der Waals surface area (Å²) in [6, 6.07) is 1.42. The number of nitrogens with one attached hydrogen (secondary N) is 9. The molecular formula is C94H190N12O14S2. The van der Waals surface area contributed by atoms with E-state index >= 15 is 0 Å². The molecule has 0 radical (unpaired) electrons. The molecule has 0 bridgehead atoms. The second kappa shape index (κ2) is 90.5. The fourth-order valence-corrected chi connectivity index (χ4v) is 12.6. The summed E-state index contributed by atoms with van der Waals surface area (Å²) in [7, 11) is 0. The quantitative estimate of drug-likeness (QED) is 0.103. The van der Waals surface area contributed by atoms with Gasteiger partial charge in [-0.2, -0.15) is 0 Å². The number of amidine groups is 1. The van der Waals surface area contributed by atoms with Crippen LogP contribution in [0.25, 0.3) is 0 Å². The number of nitrogens with two attached hydrogens (primary N) is 1. The van der Waals surface area contributed by atoms with Gasteiger partial charge in [0, 0.05) is 123 Å². The molecule has 0 aliphatic carbocycles. The van der Waals surface area contributed by atoms with Gasteiger partial charge in [-0.25, -0.2) is 4.79 Å². The topological polar surface area (TPSA) is 394 Å². The second-order valence-electron chi connectivity index (χ2n) is 30.4. The smallest absolute Gasteiger partial charge is 0.328 e. The van der Waals surface area contributed by atoms with Gasteiger partial charge in [0.2, 0.25) is 65.0 Å². The zero-order chi connectivity index (χ0) is 98.3. The van der Waals surface area contributed by atoms with Gasteiger partial charge in [-0.3, -0.25) is 98.1 Å². The average molecular weight is 1780 g/mol. The first-order valence-corrected chi connectivity index (χ1v) is 48.6. The minimum Gasteiger partial charge on any atom is -0.379 e. The van der Waals surface area contributed by atoms with E-state index in [1.54, 1.807) is 11.8 Å². The molecule has 8 fully saturated rings. The Morgan fingerprint density at radius 3 is 0.902 bits per heavy atom. The summed E-state index contributed by atoms with van der Waals surface area (Å²) in [5, 5.41) is 22.5. The standard InChI is InChI=1S/3C8H13NO2.2C8H15NO.C7H10N2O2.C7H11NO2.C6H12N2S.C6H11NOS.C4H7NO.C4H10.10C2H6/c3*1-5(2)6-3-4-7(10)9-8(6)11;1-6(2)7-3-4-8(10)9-5-7;1-6(2)7-4-3-5-9-8(7)10;1-5(2)9-4-3-6(10)8-7(9)11;1-4(2)5-3-6(9)8-7(5)10;1-4(2)5-3-8-6(7)9-5;1-4(2)5-3-7-6(8)9-5;6-4-2-1-3-5-4;1-4(2)3;10*1-2/h3*5-6H,3-4H2,1-2H3,(H,9,10,11);2*6-7H,3-5H2,1-2H3,(H,9,10);3-5H,1-2H3,(H,8,10,11);4-5H,3H2,1-2H3,(H,8,9,10);4-5H,3H2,1-2H3,(H2,7,8);4-5H,3H2,1-2H3,(H,7,8);1-3H2,(H,5,6);4H,1-3H3;10*1-2H3. The molecule has 0 spiro atoms. The number of aliphatic imine (C=N–C) groups is 1.